The van der Waals surface area contributed by atoms with Crippen LogP contribution in [0.3, 0.4) is 0 Å². The summed E-state index contributed by atoms with van der Waals surface area (Å²) in [6.07, 6.45) is 4.19. The number of carbonyl (C=O) groups excluding carboxylic acids is 3. The van der Waals surface area contributed by atoms with E-state index in [2.05, 4.69) is 9.98 Å². The molecule has 21 heavy (non-hydrogen) atoms. The largest absolute Gasteiger partial charge is 0.466 e. The van der Waals surface area contributed by atoms with Gasteiger partial charge in [-0.25, -0.2) is 19.6 Å². The highest BCUT2D eigenvalue weighted by Crippen LogP contribution is 2.52. The second-order valence-corrected chi connectivity index (χ2v) is 6.52. The van der Waals surface area contributed by atoms with E-state index in [0.717, 1.165) is 0 Å². The van der Waals surface area contributed by atoms with Crippen LogP contribution in [0.2, 0.25) is 0 Å². The van der Waals surface area contributed by atoms with E-state index < -0.39 is 16.7 Å². The normalized spacial score (nSPS) is 30.7. The number of hydrogen-bond donors (Lipinski definition) is 0. The highest BCUT2D eigenvalue weighted by molar-refractivity contribution is 5.74. The Bertz CT molecular complexity index is 490. The number of rotatable bonds is 5. The molecule has 0 bridgehead atoms. The minimum absolute atomic E-state index is 0.161. The summed E-state index contributed by atoms with van der Waals surface area (Å²) < 4.78 is 5.20. The molecular formula is C15H22N2O4. The first-order chi connectivity index (χ1) is 9.80. The van der Waals surface area contributed by atoms with Gasteiger partial charge in [-0.1, -0.05) is 20.8 Å². The number of aliphatic imine (C=N–C) groups is 2. The minimum atomic E-state index is -0.601. The molecule has 0 amide bonds. The van der Waals surface area contributed by atoms with Crippen LogP contribution in [0.1, 0.15) is 40.5 Å². The van der Waals surface area contributed by atoms with Crippen molar-refractivity contribution in [3.8, 4) is 0 Å². The third-order valence-corrected chi connectivity index (χ3v) is 4.20. The fourth-order valence-electron chi connectivity index (χ4n) is 3.76. The Balaban J connectivity index is 3.22. The van der Waals surface area contributed by atoms with Crippen LogP contribution < -0.4 is 0 Å². The number of hydrogen-bond acceptors (Lipinski definition) is 6. The van der Waals surface area contributed by atoms with Gasteiger partial charge < -0.3 is 4.74 Å². The number of ether oxygens (including phenoxy) is 1. The van der Waals surface area contributed by atoms with Crippen molar-refractivity contribution in [1.82, 2.24) is 0 Å². The van der Waals surface area contributed by atoms with Crippen LogP contribution >= 0.6 is 0 Å². The molecule has 116 valence electrons. The van der Waals surface area contributed by atoms with Crippen LogP contribution in [0.15, 0.2) is 9.98 Å². The average Bonchev–Trinajstić information content (AvgIpc) is 2.35. The maximum atomic E-state index is 12.4. The summed E-state index contributed by atoms with van der Waals surface area (Å²) in [5.41, 5.74) is -1.01. The van der Waals surface area contributed by atoms with Gasteiger partial charge in [0.15, 0.2) is 0 Å². The average molecular weight is 294 g/mol. The predicted octanol–water partition coefficient (Wildman–Crippen LogP) is 2.03. The Kier molecular flexibility index (Phi) is 5.59. The molecule has 0 aromatic carbocycles. The molecule has 3 atom stereocenters. The first kappa shape index (κ1) is 17.3. The molecule has 0 N–H and O–H groups in total. The van der Waals surface area contributed by atoms with Gasteiger partial charge in [-0.15, -0.1) is 0 Å². The maximum absolute atomic E-state index is 12.4. The number of isocyanates is 2. The quantitative estimate of drug-likeness (QED) is 0.441. The standard InChI is InChI=1S/C15H22N2O4/c1-5-21-13(20)12-14(2,3)6-11(17-10-19)7-15(12,4)8-16-9-18/h11-12H,5-8H2,1-4H3. The monoisotopic (exact) mass is 294 g/mol. The lowest BCUT2D eigenvalue weighted by Crippen LogP contribution is -2.52. The molecule has 6 heteroatoms. The van der Waals surface area contributed by atoms with Gasteiger partial charge in [-0.05, 0) is 25.2 Å². The fourth-order valence-corrected chi connectivity index (χ4v) is 3.76. The Hall–Kier alpha value is -1.77. The van der Waals surface area contributed by atoms with E-state index in [4.69, 9.17) is 4.74 Å². The topological polar surface area (TPSA) is 85.2 Å². The van der Waals surface area contributed by atoms with Crippen molar-refractivity contribution in [2.45, 2.75) is 46.6 Å². The Morgan fingerprint density at radius 3 is 2.43 bits per heavy atom. The van der Waals surface area contributed by atoms with Crippen molar-refractivity contribution in [3.63, 3.8) is 0 Å². The van der Waals surface area contributed by atoms with E-state index in [0.29, 0.717) is 19.4 Å². The van der Waals surface area contributed by atoms with E-state index in [1.165, 1.54) is 6.08 Å². The van der Waals surface area contributed by atoms with Crippen LogP contribution in [0, 0.1) is 16.7 Å². The molecule has 1 saturated carbocycles. The van der Waals surface area contributed by atoms with Crippen molar-refractivity contribution < 1.29 is 19.1 Å². The van der Waals surface area contributed by atoms with E-state index in [-0.39, 0.29) is 18.6 Å². The smallest absolute Gasteiger partial charge is 0.310 e. The first-order valence-corrected chi connectivity index (χ1v) is 7.08. The summed E-state index contributed by atoms with van der Waals surface area (Å²) in [5.74, 6) is -0.709. The molecule has 0 aromatic heterocycles. The van der Waals surface area contributed by atoms with Crippen molar-refractivity contribution in [2.75, 3.05) is 13.2 Å². The molecule has 0 aromatic rings. The second-order valence-electron chi connectivity index (χ2n) is 6.52. The zero-order valence-corrected chi connectivity index (χ0v) is 13.0. The lowest BCUT2D eigenvalue weighted by molar-refractivity contribution is -0.163. The predicted molar refractivity (Wildman–Crippen MR) is 76.1 cm³/mol. The van der Waals surface area contributed by atoms with Crippen LogP contribution in [-0.2, 0) is 19.1 Å². The minimum Gasteiger partial charge on any atom is -0.466 e. The number of carbonyl (C=O) groups is 1. The molecule has 1 rings (SSSR count). The van der Waals surface area contributed by atoms with Gasteiger partial charge in [0.2, 0.25) is 12.2 Å². The third-order valence-electron chi connectivity index (χ3n) is 4.20. The van der Waals surface area contributed by atoms with Gasteiger partial charge >= 0.3 is 5.97 Å². The number of nitrogens with zero attached hydrogens (tertiary/aromatic N) is 2. The van der Waals surface area contributed by atoms with Crippen LogP contribution in [0.5, 0.6) is 0 Å². The molecule has 1 aliphatic rings. The third kappa shape index (κ3) is 3.87. The van der Waals surface area contributed by atoms with Crippen LogP contribution in [-0.4, -0.2) is 37.3 Å². The summed E-state index contributed by atoms with van der Waals surface area (Å²) in [6, 6.07) is -0.227. The van der Waals surface area contributed by atoms with Gasteiger partial charge in [0.05, 0.1) is 25.1 Å². The van der Waals surface area contributed by atoms with Crippen LogP contribution in [0.25, 0.3) is 0 Å². The van der Waals surface area contributed by atoms with E-state index in [1.54, 1.807) is 13.0 Å². The molecule has 0 heterocycles. The summed E-state index contributed by atoms with van der Waals surface area (Å²) >= 11 is 0. The molecule has 1 fully saturated rings. The van der Waals surface area contributed by atoms with E-state index >= 15 is 0 Å². The Labute approximate surface area is 124 Å². The maximum Gasteiger partial charge on any atom is 0.310 e. The summed E-state index contributed by atoms with van der Waals surface area (Å²) in [5, 5.41) is 0. The fraction of sp³-hybridized carbons (Fsp3) is 0.800. The molecule has 1 aliphatic carbocycles. The molecule has 0 aliphatic heterocycles. The zero-order chi connectivity index (χ0) is 16.1. The van der Waals surface area contributed by atoms with Gasteiger partial charge in [0.25, 0.3) is 0 Å². The highest BCUT2D eigenvalue weighted by Gasteiger charge is 2.54. The first-order valence-electron chi connectivity index (χ1n) is 7.08. The summed E-state index contributed by atoms with van der Waals surface area (Å²) in [7, 11) is 0. The van der Waals surface area contributed by atoms with Gasteiger partial charge in [-0.3, -0.25) is 4.79 Å². The molecule has 3 unspecified atom stereocenters. The zero-order valence-electron chi connectivity index (χ0n) is 13.0. The molecule has 0 saturated heterocycles. The van der Waals surface area contributed by atoms with Gasteiger partial charge in [0, 0.05) is 5.41 Å². The van der Waals surface area contributed by atoms with E-state index in [1.807, 2.05) is 20.8 Å². The van der Waals surface area contributed by atoms with Crippen molar-refractivity contribution >= 4 is 18.1 Å². The van der Waals surface area contributed by atoms with E-state index in [9.17, 15) is 14.4 Å². The Morgan fingerprint density at radius 2 is 1.90 bits per heavy atom. The van der Waals surface area contributed by atoms with Crippen molar-refractivity contribution in [3.05, 3.63) is 0 Å². The van der Waals surface area contributed by atoms with Crippen molar-refractivity contribution in [1.29, 1.82) is 0 Å². The van der Waals surface area contributed by atoms with Crippen LogP contribution in [0.4, 0.5) is 0 Å². The summed E-state index contributed by atoms with van der Waals surface area (Å²) in [6.45, 7) is 7.99. The van der Waals surface area contributed by atoms with Crippen molar-refractivity contribution in [2.24, 2.45) is 26.7 Å². The lowest BCUT2D eigenvalue weighted by atomic mass is 9.55. The highest BCUT2D eigenvalue weighted by atomic mass is 16.5. The molecular weight excluding hydrogens is 272 g/mol. The molecule has 0 spiro atoms. The lowest BCUT2D eigenvalue weighted by Gasteiger charge is -2.50. The Morgan fingerprint density at radius 1 is 1.24 bits per heavy atom. The molecule has 0 radical (unpaired) electrons. The van der Waals surface area contributed by atoms with Gasteiger partial charge in [-0.2, -0.15) is 0 Å². The number of esters is 1. The SMILES string of the molecule is CCOC(=O)C1C(C)(C)CC(N=C=O)CC1(C)CN=C=O. The molecule has 6 nitrogen and oxygen atoms in total. The van der Waals surface area contributed by atoms with Gasteiger partial charge in [0.1, 0.15) is 0 Å². The summed E-state index contributed by atoms with van der Waals surface area (Å²) in [4.78, 5) is 40.9. The second kappa shape index (κ2) is 6.79.